The first kappa shape index (κ1) is 20.8. The van der Waals surface area contributed by atoms with Gasteiger partial charge in [0.1, 0.15) is 9.84 Å². The quantitative estimate of drug-likeness (QED) is 0.476. The molecule has 0 heterocycles. The summed E-state index contributed by atoms with van der Waals surface area (Å²) in [4.78, 5) is 0. The molecule has 0 aromatic heterocycles. The second-order valence-corrected chi connectivity index (χ2v) is 8.08. The van der Waals surface area contributed by atoms with Gasteiger partial charge in [0.25, 0.3) is 0 Å². The van der Waals surface area contributed by atoms with Crippen molar-refractivity contribution in [3.8, 4) is 0 Å². The third-order valence-electron chi connectivity index (χ3n) is 3.21. The Balaban J connectivity index is 3.44. The van der Waals surface area contributed by atoms with Gasteiger partial charge in [0, 0.05) is 25.4 Å². The van der Waals surface area contributed by atoms with Crippen LogP contribution in [-0.4, -0.2) is 57.4 Å². The van der Waals surface area contributed by atoms with Crippen molar-refractivity contribution in [1.82, 2.24) is 5.32 Å². The van der Waals surface area contributed by atoms with Gasteiger partial charge in [0.2, 0.25) is 0 Å². The summed E-state index contributed by atoms with van der Waals surface area (Å²) in [6.45, 7) is 5.34. The van der Waals surface area contributed by atoms with Crippen molar-refractivity contribution < 1.29 is 18.3 Å². The van der Waals surface area contributed by atoms with E-state index in [4.69, 9.17) is 4.74 Å². The zero-order valence-corrected chi connectivity index (χ0v) is 14.6. The largest absolute Gasteiger partial charge is 0.389 e. The van der Waals surface area contributed by atoms with Gasteiger partial charge in [-0.05, 0) is 13.3 Å². The van der Waals surface area contributed by atoms with Gasteiger partial charge in [-0.2, -0.15) is 0 Å². The van der Waals surface area contributed by atoms with E-state index in [1.54, 1.807) is 6.92 Å². The minimum atomic E-state index is -2.98. The van der Waals surface area contributed by atoms with E-state index >= 15 is 0 Å². The van der Waals surface area contributed by atoms with Crippen LogP contribution in [0.2, 0.25) is 0 Å². The summed E-state index contributed by atoms with van der Waals surface area (Å²) in [6.07, 6.45) is 7.95. The fourth-order valence-corrected chi connectivity index (χ4v) is 3.14. The topological polar surface area (TPSA) is 75.6 Å². The molecule has 0 aliphatic heterocycles. The Morgan fingerprint density at radius 3 is 2.38 bits per heavy atom. The average molecular weight is 323 g/mol. The van der Waals surface area contributed by atoms with Gasteiger partial charge >= 0.3 is 0 Å². The van der Waals surface area contributed by atoms with Gasteiger partial charge in [-0.1, -0.05) is 39.0 Å². The first-order valence-corrected chi connectivity index (χ1v) is 10.1. The smallest absolute Gasteiger partial charge is 0.148 e. The van der Waals surface area contributed by atoms with E-state index in [0.717, 1.165) is 6.42 Å². The molecule has 2 N–H and O–H groups in total. The molecule has 5 nitrogen and oxygen atoms in total. The molecule has 0 saturated carbocycles. The maximum atomic E-state index is 11.1. The Morgan fingerprint density at radius 1 is 1.14 bits per heavy atom. The van der Waals surface area contributed by atoms with Crippen LogP contribution >= 0.6 is 0 Å². The van der Waals surface area contributed by atoms with Crippen LogP contribution in [0, 0.1) is 0 Å². The first-order valence-electron chi connectivity index (χ1n) is 8.02. The lowest BCUT2D eigenvalue weighted by Crippen LogP contribution is -2.39. The highest BCUT2D eigenvalue weighted by Crippen LogP contribution is 2.04. The Labute approximate surface area is 130 Å². The summed E-state index contributed by atoms with van der Waals surface area (Å²) in [5.74, 6) is 0.0817. The highest BCUT2D eigenvalue weighted by molar-refractivity contribution is 7.90. The Morgan fingerprint density at radius 2 is 1.76 bits per heavy atom. The van der Waals surface area contributed by atoms with Crippen molar-refractivity contribution >= 4 is 9.84 Å². The molecular weight excluding hydrogens is 290 g/mol. The van der Waals surface area contributed by atoms with Crippen molar-refractivity contribution in [2.45, 2.75) is 64.5 Å². The van der Waals surface area contributed by atoms with E-state index < -0.39 is 15.9 Å². The van der Waals surface area contributed by atoms with Crippen molar-refractivity contribution in [2.75, 3.05) is 31.8 Å². The maximum Gasteiger partial charge on any atom is 0.148 e. The van der Waals surface area contributed by atoms with Crippen LogP contribution in [0.5, 0.6) is 0 Å². The lowest BCUT2D eigenvalue weighted by Gasteiger charge is -2.16. The van der Waals surface area contributed by atoms with E-state index in [1.165, 1.54) is 38.4 Å². The Bertz CT molecular complexity index is 333. The molecule has 0 aliphatic carbocycles. The number of aliphatic hydroxyl groups excluding tert-OH is 1. The van der Waals surface area contributed by atoms with E-state index in [9.17, 15) is 13.5 Å². The molecule has 2 atom stereocenters. The molecule has 0 fully saturated rings. The number of hydrogen-bond acceptors (Lipinski definition) is 5. The summed E-state index contributed by atoms with van der Waals surface area (Å²) in [6, 6.07) is -0.159. The summed E-state index contributed by atoms with van der Waals surface area (Å²) in [7, 11) is -2.98. The summed E-state index contributed by atoms with van der Waals surface area (Å²) >= 11 is 0. The van der Waals surface area contributed by atoms with Crippen LogP contribution in [-0.2, 0) is 14.6 Å². The van der Waals surface area contributed by atoms with Crippen molar-refractivity contribution in [1.29, 1.82) is 0 Å². The number of hydrogen-bond donors (Lipinski definition) is 2. The van der Waals surface area contributed by atoms with Crippen molar-refractivity contribution in [3.05, 3.63) is 0 Å². The molecule has 0 aromatic carbocycles. The van der Waals surface area contributed by atoms with E-state index in [1.807, 2.05) is 0 Å². The van der Waals surface area contributed by atoms with Crippen LogP contribution in [0.4, 0.5) is 0 Å². The maximum absolute atomic E-state index is 11.1. The molecule has 0 bridgehead atoms. The van der Waals surface area contributed by atoms with Crippen LogP contribution < -0.4 is 5.32 Å². The number of sulfone groups is 1. The third-order valence-corrected chi connectivity index (χ3v) is 4.31. The lowest BCUT2D eigenvalue weighted by molar-refractivity contribution is 0.0346. The number of rotatable bonds is 14. The summed E-state index contributed by atoms with van der Waals surface area (Å²) in [5.41, 5.74) is 0. The number of unbranched alkanes of at least 4 members (excludes halogenated alkanes) is 5. The van der Waals surface area contributed by atoms with Gasteiger partial charge in [-0.25, -0.2) is 8.42 Å². The minimum Gasteiger partial charge on any atom is -0.389 e. The first-order chi connectivity index (χ1) is 9.85. The highest BCUT2D eigenvalue weighted by Gasteiger charge is 2.12. The summed E-state index contributed by atoms with van der Waals surface area (Å²) in [5, 5.41) is 12.7. The Hall–Kier alpha value is -0.170. The number of nitrogens with one attached hydrogen (secondary N) is 1. The average Bonchev–Trinajstić information content (AvgIpc) is 2.37. The molecule has 0 saturated heterocycles. The van der Waals surface area contributed by atoms with Crippen LogP contribution in [0.15, 0.2) is 0 Å². The Kier molecular flexibility index (Phi) is 12.3. The SMILES string of the molecule is CCCCCCCCOCC(O)CNC(C)CS(C)(=O)=O. The van der Waals surface area contributed by atoms with Crippen LogP contribution in [0.25, 0.3) is 0 Å². The van der Waals surface area contributed by atoms with E-state index in [0.29, 0.717) is 19.8 Å². The summed E-state index contributed by atoms with van der Waals surface area (Å²) < 4.78 is 27.6. The van der Waals surface area contributed by atoms with Crippen molar-refractivity contribution in [3.63, 3.8) is 0 Å². The van der Waals surface area contributed by atoms with Gasteiger partial charge in [0.15, 0.2) is 0 Å². The van der Waals surface area contributed by atoms with E-state index in [2.05, 4.69) is 12.2 Å². The molecule has 6 heteroatoms. The molecule has 0 radical (unpaired) electrons. The van der Waals surface area contributed by atoms with Crippen molar-refractivity contribution in [2.24, 2.45) is 0 Å². The second kappa shape index (κ2) is 12.4. The van der Waals surface area contributed by atoms with Crippen LogP contribution in [0.1, 0.15) is 52.4 Å². The monoisotopic (exact) mass is 323 g/mol. The predicted octanol–water partition coefficient (Wildman–Crippen LogP) is 1.75. The second-order valence-electron chi connectivity index (χ2n) is 5.90. The molecule has 2 unspecified atom stereocenters. The minimum absolute atomic E-state index is 0.0817. The third kappa shape index (κ3) is 16.0. The standard InChI is InChI=1S/C15H33NO4S/c1-4-5-6-7-8-9-10-20-12-15(17)11-16-14(2)13-21(3,18)19/h14-17H,4-13H2,1-3H3. The lowest BCUT2D eigenvalue weighted by atomic mass is 10.1. The number of aliphatic hydroxyl groups is 1. The zero-order valence-electron chi connectivity index (χ0n) is 13.8. The number of ether oxygens (including phenoxy) is 1. The molecule has 21 heavy (non-hydrogen) atoms. The molecule has 128 valence electrons. The van der Waals surface area contributed by atoms with Gasteiger partial charge in [-0.15, -0.1) is 0 Å². The van der Waals surface area contributed by atoms with Gasteiger partial charge in [0.05, 0.1) is 18.5 Å². The van der Waals surface area contributed by atoms with Crippen LogP contribution in [0.3, 0.4) is 0 Å². The highest BCUT2D eigenvalue weighted by atomic mass is 32.2. The molecule has 0 spiro atoms. The predicted molar refractivity (Wildman–Crippen MR) is 87.4 cm³/mol. The zero-order chi connectivity index (χ0) is 16.1. The fraction of sp³-hybridized carbons (Fsp3) is 1.00. The fourth-order valence-electron chi connectivity index (χ4n) is 2.11. The molecule has 0 aromatic rings. The molecule has 0 aliphatic rings. The normalized spacial score (nSPS) is 15.0. The molecule has 0 amide bonds. The molecule has 0 rings (SSSR count). The van der Waals surface area contributed by atoms with Gasteiger partial charge < -0.3 is 15.2 Å². The van der Waals surface area contributed by atoms with Gasteiger partial charge in [-0.3, -0.25) is 0 Å². The molecular formula is C15H33NO4S. The van der Waals surface area contributed by atoms with E-state index in [-0.39, 0.29) is 11.8 Å².